The van der Waals surface area contributed by atoms with Crippen molar-refractivity contribution in [3.05, 3.63) is 93.2 Å². The zero-order valence-electron chi connectivity index (χ0n) is 19.0. The Kier molecular flexibility index (Phi) is 8.10. The van der Waals surface area contributed by atoms with Gasteiger partial charge in [-0.15, -0.1) is 0 Å². The summed E-state index contributed by atoms with van der Waals surface area (Å²) in [5.41, 5.74) is 3.65. The van der Waals surface area contributed by atoms with E-state index in [1.807, 2.05) is 36.4 Å². The maximum atomic E-state index is 11.6. The van der Waals surface area contributed by atoms with Crippen LogP contribution in [0.15, 0.2) is 59.7 Å². The third-order valence-corrected chi connectivity index (χ3v) is 6.03. The molecular weight excluding hydrogens is 430 g/mol. The van der Waals surface area contributed by atoms with Crippen molar-refractivity contribution in [2.45, 2.75) is 31.2 Å². The van der Waals surface area contributed by atoms with E-state index >= 15 is 0 Å². The van der Waals surface area contributed by atoms with Crippen molar-refractivity contribution in [2.75, 3.05) is 26.4 Å². The molecule has 1 aliphatic heterocycles. The molecular formula is C27H29N3O4. The largest absolute Gasteiger partial charge is 0.502 e. The van der Waals surface area contributed by atoms with Crippen LogP contribution in [0.3, 0.4) is 0 Å². The highest BCUT2D eigenvalue weighted by molar-refractivity contribution is 5.44. The molecule has 0 aliphatic carbocycles. The minimum Gasteiger partial charge on any atom is -0.502 e. The maximum Gasteiger partial charge on any atom is 0.293 e. The molecule has 2 atom stereocenters. The van der Waals surface area contributed by atoms with Gasteiger partial charge in [-0.25, -0.2) is 4.98 Å². The third-order valence-electron chi connectivity index (χ3n) is 6.03. The topological polar surface area (TPSA) is 107 Å². The molecule has 4 rings (SSSR count). The number of rotatable bonds is 8. The predicted molar refractivity (Wildman–Crippen MR) is 130 cm³/mol. The molecule has 0 saturated carbocycles. The minimum atomic E-state index is -0.587. The second kappa shape index (κ2) is 11.6. The van der Waals surface area contributed by atoms with E-state index in [4.69, 9.17) is 4.74 Å². The number of aliphatic hydroxyl groups excluding tert-OH is 1. The third kappa shape index (κ3) is 6.33. The summed E-state index contributed by atoms with van der Waals surface area (Å²) in [7, 11) is 0. The number of aliphatic hydroxyl groups is 1. The van der Waals surface area contributed by atoms with E-state index in [1.54, 1.807) is 0 Å². The van der Waals surface area contributed by atoms with Crippen molar-refractivity contribution in [1.29, 1.82) is 0 Å². The minimum absolute atomic E-state index is 0.130. The molecule has 7 nitrogen and oxygen atoms in total. The Morgan fingerprint density at radius 2 is 1.82 bits per heavy atom. The van der Waals surface area contributed by atoms with Gasteiger partial charge in [0, 0.05) is 36.1 Å². The first-order valence-corrected chi connectivity index (χ1v) is 11.5. The molecule has 3 aromatic rings. The van der Waals surface area contributed by atoms with Crippen LogP contribution >= 0.6 is 0 Å². The van der Waals surface area contributed by atoms with Gasteiger partial charge in [0.15, 0.2) is 0 Å². The van der Waals surface area contributed by atoms with Crippen LogP contribution in [0.2, 0.25) is 0 Å². The van der Waals surface area contributed by atoms with Crippen LogP contribution in [0, 0.1) is 11.8 Å². The summed E-state index contributed by atoms with van der Waals surface area (Å²) in [6.45, 7) is 2.48. The Balaban J connectivity index is 1.33. The highest BCUT2D eigenvalue weighted by Crippen LogP contribution is 2.22. The van der Waals surface area contributed by atoms with Gasteiger partial charge in [-0.1, -0.05) is 36.1 Å². The van der Waals surface area contributed by atoms with Crippen LogP contribution in [0.1, 0.15) is 40.3 Å². The lowest BCUT2D eigenvalue weighted by molar-refractivity contribution is 0.190. The Labute approximate surface area is 198 Å². The van der Waals surface area contributed by atoms with Gasteiger partial charge >= 0.3 is 0 Å². The number of aromatic nitrogens is 2. The first-order chi connectivity index (χ1) is 16.6. The van der Waals surface area contributed by atoms with Crippen molar-refractivity contribution in [3.8, 4) is 17.6 Å². The van der Waals surface area contributed by atoms with Gasteiger partial charge in [-0.3, -0.25) is 4.79 Å². The average molecular weight is 460 g/mol. The van der Waals surface area contributed by atoms with Crippen molar-refractivity contribution in [3.63, 3.8) is 0 Å². The van der Waals surface area contributed by atoms with Crippen LogP contribution in [0.4, 0.5) is 0 Å². The quantitative estimate of drug-likeness (QED) is 0.385. The molecule has 1 aromatic heterocycles. The first kappa shape index (κ1) is 23.7. The molecule has 34 heavy (non-hydrogen) atoms. The summed E-state index contributed by atoms with van der Waals surface area (Å²) >= 11 is 0. The molecule has 0 radical (unpaired) electrons. The van der Waals surface area contributed by atoms with Crippen LogP contribution in [0.25, 0.3) is 0 Å². The number of ether oxygens (including phenoxy) is 1. The molecule has 7 heteroatoms. The molecule has 1 aliphatic rings. The van der Waals surface area contributed by atoms with E-state index in [-0.39, 0.29) is 24.6 Å². The summed E-state index contributed by atoms with van der Waals surface area (Å²) in [6.07, 6.45) is 3.57. The zero-order chi connectivity index (χ0) is 23.8. The first-order valence-electron chi connectivity index (χ1n) is 11.5. The summed E-state index contributed by atoms with van der Waals surface area (Å²) in [5.74, 6) is 5.67. The van der Waals surface area contributed by atoms with Crippen LogP contribution in [-0.2, 0) is 17.6 Å². The zero-order valence-corrected chi connectivity index (χ0v) is 19.0. The SMILES string of the molecule is O=c1[nH]cnc(CC(CO)c2ccc(C#Cc3ccc(CCN[C@H]4CCOC4)cc3)cc2)c1O. The average Bonchev–Trinajstić information content (AvgIpc) is 3.38. The van der Waals surface area contributed by atoms with E-state index in [0.717, 1.165) is 49.3 Å². The van der Waals surface area contributed by atoms with Crippen molar-refractivity contribution in [2.24, 2.45) is 0 Å². The highest BCUT2D eigenvalue weighted by atomic mass is 16.5. The highest BCUT2D eigenvalue weighted by Gasteiger charge is 2.16. The fourth-order valence-corrected chi connectivity index (χ4v) is 3.95. The van der Waals surface area contributed by atoms with Gasteiger partial charge in [0.1, 0.15) is 0 Å². The molecule has 4 N–H and O–H groups in total. The van der Waals surface area contributed by atoms with Crippen molar-refractivity contribution < 1.29 is 14.9 Å². The number of nitrogens with one attached hydrogen (secondary N) is 2. The second-order valence-corrected chi connectivity index (χ2v) is 8.44. The van der Waals surface area contributed by atoms with E-state index < -0.39 is 11.3 Å². The number of benzene rings is 2. The molecule has 0 spiro atoms. The van der Waals surface area contributed by atoms with Crippen LogP contribution in [0.5, 0.6) is 5.75 Å². The fourth-order valence-electron chi connectivity index (χ4n) is 3.95. The molecule has 0 amide bonds. The molecule has 2 heterocycles. The molecule has 1 saturated heterocycles. The Morgan fingerprint density at radius 3 is 2.47 bits per heavy atom. The standard InChI is InChI=1S/C27H29N3O4/c31-16-23(15-25-26(32)27(33)30-18-29-25)22-9-7-20(8-10-22)2-1-19-3-5-21(6-4-19)11-13-28-24-12-14-34-17-24/h3-10,18,23-24,28,31-32H,11-17H2,(H,29,30,33)/t23?,24-/m0/s1. The Morgan fingerprint density at radius 1 is 1.12 bits per heavy atom. The van der Waals surface area contributed by atoms with Gasteiger partial charge in [-0.05, 0) is 54.8 Å². The number of hydrogen-bond acceptors (Lipinski definition) is 6. The number of nitrogens with zero attached hydrogens (tertiary/aromatic N) is 1. The lowest BCUT2D eigenvalue weighted by atomic mass is 9.94. The van der Waals surface area contributed by atoms with E-state index in [0.29, 0.717) is 6.04 Å². The lowest BCUT2D eigenvalue weighted by Crippen LogP contribution is -2.30. The second-order valence-electron chi connectivity index (χ2n) is 8.44. The van der Waals surface area contributed by atoms with E-state index in [1.165, 1.54) is 11.9 Å². The van der Waals surface area contributed by atoms with Crippen LogP contribution in [-0.4, -0.2) is 52.6 Å². The number of H-pyrrole nitrogens is 1. The maximum absolute atomic E-state index is 11.6. The van der Waals surface area contributed by atoms with Gasteiger partial charge < -0.3 is 25.3 Å². The Bertz CT molecular complexity index is 1190. The van der Waals surface area contributed by atoms with Crippen LogP contribution < -0.4 is 10.9 Å². The predicted octanol–water partition coefficient (Wildman–Crippen LogP) is 2.11. The van der Waals surface area contributed by atoms with Gasteiger partial charge in [0.2, 0.25) is 5.75 Å². The number of aromatic amines is 1. The molecule has 0 bridgehead atoms. The molecule has 1 unspecified atom stereocenters. The van der Waals surface area contributed by atoms with Gasteiger partial charge in [0.05, 0.1) is 25.2 Å². The summed E-state index contributed by atoms with van der Waals surface area (Å²) < 4.78 is 5.38. The molecule has 2 aromatic carbocycles. The fraction of sp³-hybridized carbons (Fsp3) is 0.333. The monoisotopic (exact) mass is 459 g/mol. The summed E-state index contributed by atoms with van der Waals surface area (Å²) in [5, 5.41) is 23.2. The van der Waals surface area contributed by atoms with Crippen molar-refractivity contribution >= 4 is 0 Å². The van der Waals surface area contributed by atoms with Gasteiger partial charge in [-0.2, -0.15) is 0 Å². The van der Waals surface area contributed by atoms with E-state index in [2.05, 4.69) is 39.3 Å². The lowest BCUT2D eigenvalue weighted by Gasteiger charge is -2.14. The number of hydrogen-bond donors (Lipinski definition) is 4. The molecule has 176 valence electrons. The smallest absolute Gasteiger partial charge is 0.293 e. The number of aromatic hydroxyl groups is 1. The van der Waals surface area contributed by atoms with Gasteiger partial charge in [0.25, 0.3) is 5.56 Å². The summed E-state index contributed by atoms with van der Waals surface area (Å²) in [6, 6.07) is 16.4. The summed E-state index contributed by atoms with van der Waals surface area (Å²) in [4.78, 5) is 17.9. The normalized spacial score (nSPS) is 16.1. The molecule has 1 fully saturated rings. The van der Waals surface area contributed by atoms with Crippen molar-refractivity contribution in [1.82, 2.24) is 15.3 Å². The van der Waals surface area contributed by atoms with E-state index in [9.17, 15) is 15.0 Å². The Hall–Kier alpha value is -3.44.